The third kappa shape index (κ3) is 4.18. The van der Waals surface area contributed by atoms with Gasteiger partial charge in [0.15, 0.2) is 5.11 Å². The third-order valence-electron chi connectivity index (χ3n) is 5.12. The first kappa shape index (κ1) is 21.1. The standard InChI is InChI=1S/C22H22Cl2N4OS/c1-27(2)12-13-28-21(20(26-22(28)30)16-8-3-4-11-25-16)18-10-9-17(29-18)14-6-5-7-15(23)19(14)24/h3-11,20-21H,12-13H2,1-2H3,(H,26,30)/t20-,21+/m1/s1. The van der Waals surface area contributed by atoms with E-state index in [1.54, 1.807) is 12.3 Å². The molecule has 156 valence electrons. The Morgan fingerprint density at radius 2 is 1.97 bits per heavy atom. The monoisotopic (exact) mass is 460 g/mol. The van der Waals surface area contributed by atoms with E-state index < -0.39 is 0 Å². The summed E-state index contributed by atoms with van der Waals surface area (Å²) in [4.78, 5) is 8.85. The van der Waals surface area contributed by atoms with E-state index >= 15 is 0 Å². The molecule has 1 fully saturated rings. The van der Waals surface area contributed by atoms with Crippen LogP contribution in [0, 0.1) is 0 Å². The van der Waals surface area contributed by atoms with Crippen molar-refractivity contribution in [3.63, 3.8) is 0 Å². The molecule has 3 heterocycles. The van der Waals surface area contributed by atoms with Crippen molar-refractivity contribution in [2.24, 2.45) is 0 Å². The van der Waals surface area contributed by atoms with Gasteiger partial charge >= 0.3 is 0 Å². The number of rotatable bonds is 6. The highest BCUT2D eigenvalue weighted by molar-refractivity contribution is 7.80. The molecule has 8 heteroatoms. The van der Waals surface area contributed by atoms with Crippen molar-refractivity contribution >= 4 is 40.5 Å². The summed E-state index contributed by atoms with van der Waals surface area (Å²) in [5.41, 5.74) is 1.68. The molecule has 3 aromatic rings. The summed E-state index contributed by atoms with van der Waals surface area (Å²) in [5.74, 6) is 1.46. The summed E-state index contributed by atoms with van der Waals surface area (Å²) in [7, 11) is 4.09. The molecule has 1 aromatic carbocycles. The highest BCUT2D eigenvalue weighted by Crippen LogP contribution is 2.41. The molecule has 1 saturated heterocycles. The van der Waals surface area contributed by atoms with Crippen molar-refractivity contribution in [3.8, 4) is 11.3 Å². The van der Waals surface area contributed by atoms with E-state index in [2.05, 4.69) is 20.1 Å². The van der Waals surface area contributed by atoms with Crippen molar-refractivity contribution in [1.29, 1.82) is 0 Å². The van der Waals surface area contributed by atoms with Crippen molar-refractivity contribution in [3.05, 3.63) is 76.2 Å². The molecular weight excluding hydrogens is 439 g/mol. The molecular formula is C22H22Cl2N4OS. The van der Waals surface area contributed by atoms with E-state index in [-0.39, 0.29) is 12.1 Å². The second-order valence-corrected chi connectivity index (χ2v) is 8.60. The fraction of sp³-hybridized carbons (Fsp3) is 0.273. The number of halogens is 2. The molecule has 5 nitrogen and oxygen atoms in total. The van der Waals surface area contributed by atoms with Crippen molar-refractivity contribution in [2.45, 2.75) is 12.1 Å². The van der Waals surface area contributed by atoms with E-state index in [9.17, 15) is 0 Å². The minimum Gasteiger partial charge on any atom is -0.459 e. The number of hydrogen-bond donors (Lipinski definition) is 1. The predicted molar refractivity (Wildman–Crippen MR) is 125 cm³/mol. The van der Waals surface area contributed by atoms with E-state index in [1.165, 1.54) is 0 Å². The van der Waals surface area contributed by atoms with Gasteiger partial charge in [-0.05, 0) is 62.7 Å². The van der Waals surface area contributed by atoms with Crippen LogP contribution in [-0.4, -0.2) is 47.1 Å². The summed E-state index contributed by atoms with van der Waals surface area (Å²) in [5, 5.41) is 5.10. The zero-order valence-electron chi connectivity index (χ0n) is 16.7. The van der Waals surface area contributed by atoms with Gasteiger partial charge in [-0.25, -0.2) is 0 Å². The number of furan rings is 1. The third-order valence-corrected chi connectivity index (χ3v) is 6.29. The Bertz CT molecular complexity index is 1040. The SMILES string of the molecule is CN(C)CCN1C(=S)N[C@H](c2ccccn2)[C@@H]1c1ccc(-c2cccc(Cl)c2Cl)o1. The summed E-state index contributed by atoms with van der Waals surface area (Å²) in [6, 6.07) is 15.1. The number of hydrogen-bond acceptors (Lipinski definition) is 4. The van der Waals surface area contributed by atoms with Crippen molar-refractivity contribution in [1.82, 2.24) is 20.1 Å². The second-order valence-electron chi connectivity index (χ2n) is 7.43. The normalized spacial score (nSPS) is 18.8. The Balaban J connectivity index is 1.72. The van der Waals surface area contributed by atoms with Crippen LogP contribution in [0.15, 0.2) is 59.1 Å². The number of nitrogens with one attached hydrogen (secondary N) is 1. The fourth-order valence-electron chi connectivity index (χ4n) is 3.61. The Morgan fingerprint density at radius 3 is 2.70 bits per heavy atom. The Labute approximate surface area is 191 Å². The number of thiocarbonyl (C=S) groups is 1. The van der Waals surface area contributed by atoms with Crippen LogP contribution in [0.5, 0.6) is 0 Å². The zero-order valence-corrected chi connectivity index (χ0v) is 19.0. The molecule has 2 aromatic heterocycles. The van der Waals surface area contributed by atoms with E-state index in [0.717, 1.165) is 30.1 Å². The van der Waals surface area contributed by atoms with E-state index in [1.807, 2.05) is 56.6 Å². The molecule has 0 amide bonds. The lowest BCUT2D eigenvalue weighted by Gasteiger charge is -2.27. The largest absolute Gasteiger partial charge is 0.459 e. The van der Waals surface area contributed by atoms with Crippen molar-refractivity contribution in [2.75, 3.05) is 27.2 Å². The van der Waals surface area contributed by atoms with Gasteiger partial charge in [0.2, 0.25) is 0 Å². The smallest absolute Gasteiger partial charge is 0.170 e. The van der Waals surface area contributed by atoms with Gasteiger partial charge in [0, 0.05) is 24.8 Å². The van der Waals surface area contributed by atoms with Gasteiger partial charge in [-0.15, -0.1) is 0 Å². The quantitative estimate of drug-likeness (QED) is 0.511. The molecule has 1 N–H and O–H groups in total. The number of likely N-dealkylation sites (N-methyl/N-ethyl adjacent to an activating group) is 1. The molecule has 0 unspecified atom stereocenters. The van der Waals surface area contributed by atoms with Crippen LogP contribution in [0.1, 0.15) is 23.5 Å². The zero-order chi connectivity index (χ0) is 21.3. The first-order valence-corrected chi connectivity index (χ1v) is 10.8. The summed E-state index contributed by atoms with van der Waals surface area (Å²) in [6.45, 7) is 1.63. The van der Waals surface area contributed by atoms with Crippen molar-refractivity contribution < 1.29 is 4.42 Å². The van der Waals surface area contributed by atoms with Gasteiger partial charge in [0.25, 0.3) is 0 Å². The van der Waals surface area contributed by atoms with E-state index in [0.29, 0.717) is 20.9 Å². The maximum atomic E-state index is 6.41. The highest BCUT2D eigenvalue weighted by Gasteiger charge is 2.41. The Morgan fingerprint density at radius 1 is 1.13 bits per heavy atom. The van der Waals surface area contributed by atoms with Crippen LogP contribution in [0.2, 0.25) is 10.0 Å². The van der Waals surface area contributed by atoms with Gasteiger partial charge in [0.1, 0.15) is 17.6 Å². The molecule has 4 rings (SSSR count). The lowest BCUT2D eigenvalue weighted by atomic mass is 10.0. The number of aromatic nitrogens is 1. The number of benzene rings is 1. The molecule has 0 spiro atoms. The molecule has 30 heavy (non-hydrogen) atoms. The van der Waals surface area contributed by atoms with E-state index in [4.69, 9.17) is 39.8 Å². The molecule has 2 atom stereocenters. The maximum Gasteiger partial charge on any atom is 0.170 e. The van der Waals surface area contributed by atoms with Crippen LogP contribution in [0.25, 0.3) is 11.3 Å². The average Bonchev–Trinajstić information content (AvgIpc) is 3.33. The lowest BCUT2D eigenvalue weighted by Crippen LogP contribution is -2.35. The minimum absolute atomic E-state index is 0.116. The average molecular weight is 461 g/mol. The van der Waals surface area contributed by atoms with Crippen LogP contribution < -0.4 is 5.32 Å². The second kappa shape index (κ2) is 8.94. The number of nitrogens with zero attached hydrogens (tertiary/aromatic N) is 3. The maximum absolute atomic E-state index is 6.41. The lowest BCUT2D eigenvalue weighted by molar-refractivity contribution is 0.250. The van der Waals surface area contributed by atoms with Crippen LogP contribution >= 0.6 is 35.4 Å². The van der Waals surface area contributed by atoms with Gasteiger partial charge < -0.3 is 19.5 Å². The topological polar surface area (TPSA) is 44.5 Å². The summed E-state index contributed by atoms with van der Waals surface area (Å²) >= 11 is 18.3. The van der Waals surface area contributed by atoms with Crippen LogP contribution in [0.4, 0.5) is 0 Å². The van der Waals surface area contributed by atoms with Gasteiger partial charge in [-0.1, -0.05) is 35.3 Å². The molecule has 1 aliphatic heterocycles. The number of pyridine rings is 1. The first-order valence-electron chi connectivity index (χ1n) is 9.62. The van der Waals surface area contributed by atoms with Gasteiger partial charge in [0.05, 0.1) is 21.8 Å². The Hall–Kier alpha value is -2.12. The fourth-order valence-corrected chi connectivity index (χ4v) is 4.34. The molecule has 1 aliphatic rings. The molecule has 0 radical (unpaired) electrons. The highest BCUT2D eigenvalue weighted by atomic mass is 35.5. The molecule has 0 aliphatic carbocycles. The molecule has 0 bridgehead atoms. The van der Waals surface area contributed by atoms with Gasteiger partial charge in [-0.3, -0.25) is 4.98 Å². The minimum atomic E-state index is -0.126. The van der Waals surface area contributed by atoms with Crippen LogP contribution in [-0.2, 0) is 0 Å². The molecule has 0 saturated carbocycles. The first-order chi connectivity index (χ1) is 14.5. The van der Waals surface area contributed by atoms with Crippen LogP contribution in [0.3, 0.4) is 0 Å². The predicted octanol–water partition coefficient (Wildman–Crippen LogP) is 5.18. The summed E-state index contributed by atoms with van der Waals surface area (Å²) < 4.78 is 6.30. The summed E-state index contributed by atoms with van der Waals surface area (Å²) in [6.07, 6.45) is 1.79. The Kier molecular flexibility index (Phi) is 6.29. The van der Waals surface area contributed by atoms with Gasteiger partial charge in [-0.2, -0.15) is 0 Å².